The molecule has 0 radical (unpaired) electrons. The lowest BCUT2D eigenvalue weighted by molar-refractivity contribution is 0.156. The van der Waals surface area contributed by atoms with Crippen LogP contribution in [0.15, 0.2) is 58.3 Å². The van der Waals surface area contributed by atoms with Gasteiger partial charge in [-0.15, -0.1) is 0 Å². The topological polar surface area (TPSA) is 48.6 Å². The molecule has 2 aromatic heterocycles. The summed E-state index contributed by atoms with van der Waals surface area (Å²) < 4.78 is 8.61. The average molecular weight is 468 g/mol. The second-order valence-corrected chi connectivity index (χ2v) is 9.18. The highest BCUT2D eigenvalue weighted by Gasteiger charge is 2.34. The van der Waals surface area contributed by atoms with E-state index in [1.807, 2.05) is 19.2 Å². The van der Waals surface area contributed by atoms with Gasteiger partial charge in [0.05, 0.1) is 30.4 Å². The molecule has 2 heterocycles. The summed E-state index contributed by atoms with van der Waals surface area (Å²) in [5, 5.41) is 4.48. The second-order valence-electron chi connectivity index (χ2n) is 8.26. The van der Waals surface area contributed by atoms with Crippen LogP contribution in [-0.2, 0) is 11.3 Å². The Bertz CT molecular complexity index is 1070. The molecule has 0 saturated heterocycles. The number of oxime groups is 1. The molecule has 0 aliphatic heterocycles. The van der Waals surface area contributed by atoms with Gasteiger partial charge in [0.1, 0.15) is 6.61 Å². The monoisotopic (exact) mass is 467 g/mol. The molecule has 30 heavy (non-hydrogen) atoms. The zero-order valence-electron chi connectivity index (χ0n) is 17.8. The van der Waals surface area contributed by atoms with Crippen molar-refractivity contribution in [2.45, 2.75) is 33.6 Å². The Kier molecular flexibility index (Phi) is 5.69. The summed E-state index contributed by atoms with van der Waals surface area (Å²) in [7, 11) is 1.63. The van der Waals surface area contributed by atoms with Crippen molar-refractivity contribution in [3.05, 3.63) is 64.4 Å². The Balaban J connectivity index is 1.96. The van der Waals surface area contributed by atoms with Gasteiger partial charge in [-0.05, 0) is 55.0 Å². The van der Waals surface area contributed by atoms with E-state index in [0.29, 0.717) is 12.5 Å². The minimum absolute atomic E-state index is 0.0793. The zero-order chi connectivity index (χ0) is 21.3. The predicted molar refractivity (Wildman–Crippen MR) is 124 cm³/mol. The molecule has 0 fully saturated rings. The van der Waals surface area contributed by atoms with E-state index in [2.05, 4.69) is 80.9 Å². The van der Waals surface area contributed by atoms with Crippen LogP contribution in [0.2, 0.25) is 0 Å². The molecule has 1 aliphatic carbocycles. The highest BCUT2D eigenvalue weighted by Crippen LogP contribution is 2.40. The Hall–Kier alpha value is -2.60. The van der Waals surface area contributed by atoms with Crippen molar-refractivity contribution < 1.29 is 9.57 Å². The van der Waals surface area contributed by atoms with Gasteiger partial charge in [0, 0.05) is 21.8 Å². The van der Waals surface area contributed by atoms with Crippen LogP contribution < -0.4 is 4.74 Å². The molecule has 4 rings (SSSR count). The zero-order valence-corrected chi connectivity index (χ0v) is 19.4. The van der Waals surface area contributed by atoms with Crippen LogP contribution in [0.5, 0.6) is 5.88 Å². The third kappa shape index (κ3) is 4.01. The molecule has 1 aromatic carbocycles. The van der Waals surface area contributed by atoms with Gasteiger partial charge in [0.2, 0.25) is 5.88 Å². The first-order valence-corrected chi connectivity index (χ1v) is 10.9. The van der Waals surface area contributed by atoms with Gasteiger partial charge in [-0.3, -0.25) is 0 Å². The summed E-state index contributed by atoms with van der Waals surface area (Å²) >= 11 is 3.54. The number of halogens is 1. The summed E-state index contributed by atoms with van der Waals surface area (Å²) in [4.78, 5) is 9.92. The Morgan fingerprint density at radius 1 is 1.13 bits per heavy atom. The molecule has 0 N–H and O–H groups in total. The van der Waals surface area contributed by atoms with E-state index in [9.17, 15) is 0 Å². The molecule has 6 heteroatoms. The second kappa shape index (κ2) is 8.26. The van der Waals surface area contributed by atoms with Crippen molar-refractivity contribution in [2.75, 3.05) is 13.7 Å². The maximum atomic E-state index is 5.47. The van der Waals surface area contributed by atoms with Crippen LogP contribution in [0.1, 0.15) is 38.4 Å². The molecule has 156 valence electrons. The lowest BCUT2D eigenvalue weighted by Crippen LogP contribution is -2.28. The van der Waals surface area contributed by atoms with Crippen molar-refractivity contribution in [2.24, 2.45) is 10.6 Å². The van der Waals surface area contributed by atoms with E-state index in [4.69, 9.17) is 9.57 Å². The predicted octanol–water partition coefficient (Wildman–Crippen LogP) is 6.02. The van der Waals surface area contributed by atoms with E-state index in [-0.39, 0.29) is 5.41 Å². The van der Waals surface area contributed by atoms with Crippen LogP contribution in [0.4, 0.5) is 0 Å². The number of nitrogens with zero attached hydrogens (tertiary/aromatic N) is 3. The third-order valence-electron chi connectivity index (χ3n) is 5.34. The van der Waals surface area contributed by atoms with Crippen LogP contribution in [0.3, 0.4) is 0 Å². The molecular formula is C24H26BrN3O2. The van der Waals surface area contributed by atoms with Gasteiger partial charge >= 0.3 is 0 Å². The highest BCUT2D eigenvalue weighted by atomic mass is 79.9. The van der Waals surface area contributed by atoms with E-state index in [1.165, 1.54) is 5.69 Å². The lowest BCUT2D eigenvalue weighted by Gasteiger charge is -2.31. The summed E-state index contributed by atoms with van der Waals surface area (Å²) in [5.74, 6) is 0.601. The van der Waals surface area contributed by atoms with Gasteiger partial charge in [-0.1, -0.05) is 47.1 Å². The molecule has 0 bridgehead atoms. The first-order chi connectivity index (χ1) is 14.4. The lowest BCUT2D eigenvalue weighted by atomic mass is 9.76. The van der Waals surface area contributed by atoms with Crippen LogP contribution >= 0.6 is 15.9 Å². The van der Waals surface area contributed by atoms with Gasteiger partial charge < -0.3 is 14.1 Å². The van der Waals surface area contributed by atoms with Gasteiger partial charge in [0.15, 0.2) is 0 Å². The minimum atomic E-state index is 0.0793. The maximum Gasteiger partial charge on any atom is 0.213 e. The molecule has 0 atom stereocenters. The summed E-state index contributed by atoms with van der Waals surface area (Å²) in [5.41, 5.74) is 6.71. The average Bonchev–Trinajstić information content (AvgIpc) is 3.10. The quantitative estimate of drug-likeness (QED) is 0.430. The SMILES string of the molecule is CCO/N=C1\CC(C)(C)Cc2c1cc(-c1ccc(Br)cc1)n2-c1ccc(OC)nc1. The van der Waals surface area contributed by atoms with Crippen molar-refractivity contribution in [1.82, 2.24) is 9.55 Å². The largest absolute Gasteiger partial charge is 0.481 e. The fourth-order valence-electron chi connectivity index (χ4n) is 4.02. The van der Waals surface area contributed by atoms with Crippen LogP contribution in [0, 0.1) is 5.41 Å². The Labute approximate surface area is 185 Å². The number of aromatic nitrogens is 2. The van der Waals surface area contributed by atoms with Crippen molar-refractivity contribution >= 4 is 21.6 Å². The number of rotatable bonds is 5. The molecule has 0 saturated carbocycles. The standard InChI is InChI=1S/C24H26BrN3O2/c1-5-30-27-20-13-24(2,3)14-22-19(20)12-21(16-6-8-17(25)9-7-16)28(22)18-10-11-23(29-4)26-15-18/h6-12,15H,5,13-14H2,1-4H3/b27-20+. The normalized spacial score (nSPS) is 16.4. The number of fused-ring (bicyclic) bond motifs is 1. The molecule has 3 aromatic rings. The Morgan fingerprint density at radius 2 is 1.90 bits per heavy atom. The maximum absolute atomic E-state index is 5.47. The van der Waals surface area contributed by atoms with Crippen molar-refractivity contribution in [1.29, 1.82) is 0 Å². The van der Waals surface area contributed by atoms with E-state index >= 15 is 0 Å². The number of pyridine rings is 1. The molecule has 5 nitrogen and oxygen atoms in total. The smallest absolute Gasteiger partial charge is 0.213 e. The summed E-state index contributed by atoms with van der Waals surface area (Å²) in [6.45, 7) is 7.07. The fourth-order valence-corrected chi connectivity index (χ4v) is 4.28. The Morgan fingerprint density at radius 3 is 2.53 bits per heavy atom. The van der Waals surface area contributed by atoms with Gasteiger partial charge in [0.25, 0.3) is 0 Å². The van der Waals surface area contributed by atoms with E-state index < -0.39 is 0 Å². The van der Waals surface area contributed by atoms with Gasteiger partial charge in [-0.2, -0.15) is 0 Å². The molecule has 0 spiro atoms. The van der Waals surface area contributed by atoms with E-state index in [1.54, 1.807) is 7.11 Å². The number of benzene rings is 1. The number of hydrogen-bond acceptors (Lipinski definition) is 4. The van der Waals surface area contributed by atoms with Gasteiger partial charge in [-0.25, -0.2) is 4.98 Å². The summed E-state index contributed by atoms with van der Waals surface area (Å²) in [6, 6.07) is 14.6. The highest BCUT2D eigenvalue weighted by molar-refractivity contribution is 9.10. The third-order valence-corrected chi connectivity index (χ3v) is 5.87. The van der Waals surface area contributed by atoms with Crippen LogP contribution in [0.25, 0.3) is 16.9 Å². The summed E-state index contributed by atoms with van der Waals surface area (Å²) in [6.07, 6.45) is 3.68. The number of hydrogen-bond donors (Lipinski definition) is 0. The molecular weight excluding hydrogens is 442 g/mol. The van der Waals surface area contributed by atoms with Crippen molar-refractivity contribution in [3.8, 4) is 22.8 Å². The number of methoxy groups -OCH3 is 1. The van der Waals surface area contributed by atoms with E-state index in [0.717, 1.165) is 45.5 Å². The fraction of sp³-hybridized carbons (Fsp3) is 0.333. The first kappa shape index (κ1) is 20.7. The van der Waals surface area contributed by atoms with Crippen molar-refractivity contribution in [3.63, 3.8) is 0 Å². The molecule has 0 amide bonds. The first-order valence-electron chi connectivity index (χ1n) is 10.1. The molecule has 0 unspecified atom stereocenters. The minimum Gasteiger partial charge on any atom is -0.481 e. The number of ether oxygens (including phenoxy) is 1. The molecule has 1 aliphatic rings. The van der Waals surface area contributed by atoms with Crippen LogP contribution in [-0.4, -0.2) is 29.0 Å².